The summed E-state index contributed by atoms with van der Waals surface area (Å²) in [4.78, 5) is 16.3. The average molecular weight is 472 g/mol. The van der Waals surface area contributed by atoms with Crippen molar-refractivity contribution in [1.82, 2.24) is 9.21 Å². The van der Waals surface area contributed by atoms with Crippen LogP contribution in [0.1, 0.15) is 15.2 Å². The second kappa shape index (κ2) is 8.81. The zero-order chi connectivity index (χ0) is 22.0. The third-order valence-electron chi connectivity index (χ3n) is 5.09. The number of halogens is 1. The van der Waals surface area contributed by atoms with Gasteiger partial charge in [-0.25, -0.2) is 8.42 Å². The molecule has 1 aliphatic rings. The van der Waals surface area contributed by atoms with Crippen molar-refractivity contribution in [2.45, 2.75) is 4.90 Å². The summed E-state index contributed by atoms with van der Waals surface area (Å²) in [6.45, 7) is 1.10. The van der Waals surface area contributed by atoms with Gasteiger partial charge >= 0.3 is 0 Å². The molecule has 2 aromatic carbocycles. The fraction of sp³-hybridized carbons (Fsp3) is 0.182. The second-order valence-corrected chi connectivity index (χ2v) is 10.5. The lowest BCUT2D eigenvalue weighted by Gasteiger charge is -2.33. The van der Waals surface area contributed by atoms with E-state index in [9.17, 15) is 13.2 Å². The minimum Gasteiger partial charge on any atom is -0.335 e. The molecule has 1 aromatic heterocycles. The van der Waals surface area contributed by atoms with Gasteiger partial charge in [-0.2, -0.15) is 9.57 Å². The van der Waals surface area contributed by atoms with E-state index in [4.69, 9.17) is 16.9 Å². The van der Waals surface area contributed by atoms with Crippen LogP contribution in [0.4, 0.5) is 0 Å². The molecule has 6 nitrogen and oxygen atoms in total. The predicted molar refractivity (Wildman–Crippen MR) is 121 cm³/mol. The Hall–Kier alpha value is -2.70. The summed E-state index contributed by atoms with van der Waals surface area (Å²) in [5, 5.41) is 9.54. The van der Waals surface area contributed by atoms with Crippen molar-refractivity contribution in [3.8, 4) is 16.5 Å². The smallest absolute Gasteiger partial charge is 0.264 e. The molecular weight excluding hydrogens is 454 g/mol. The molecular formula is C22H18ClN3O3S2. The van der Waals surface area contributed by atoms with E-state index in [1.165, 1.54) is 39.9 Å². The molecule has 1 amide bonds. The molecule has 1 aliphatic heterocycles. The topological polar surface area (TPSA) is 81.5 Å². The first kappa shape index (κ1) is 21.5. The lowest BCUT2D eigenvalue weighted by molar-refractivity contribution is 0.0703. The maximum Gasteiger partial charge on any atom is 0.264 e. The van der Waals surface area contributed by atoms with Gasteiger partial charge in [0.1, 0.15) is 0 Å². The summed E-state index contributed by atoms with van der Waals surface area (Å²) < 4.78 is 27.1. The van der Waals surface area contributed by atoms with Gasteiger partial charge < -0.3 is 4.90 Å². The number of nitriles is 1. The van der Waals surface area contributed by atoms with E-state index in [0.717, 1.165) is 10.4 Å². The summed E-state index contributed by atoms with van der Waals surface area (Å²) in [6, 6.07) is 19.0. The van der Waals surface area contributed by atoms with E-state index in [1.54, 1.807) is 11.0 Å². The zero-order valence-corrected chi connectivity index (χ0v) is 18.8. The lowest BCUT2D eigenvalue weighted by atomic mass is 10.2. The number of sulfonamides is 1. The molecule has 3 aromatic rings. The number of hydrogen-bond acceptors (Lipinski definition) is 5. The Labute approximate surface area is 190 Å². The Morgan fingerprint density at radius 1 is 0.935 bits per heavy atom. The molecule has 2 heterocycles. The van der Waals surface area contributed by atoms with Gasteiger partial charge in [-0.1, -0.05) is 23.7 Å². The van der Waals surface area contributed by atoms with Crippen LogP contribution in [0, 0.1) is 11.3 Å². The van der Waals surface area contributed by atoms with Gasteiger partial charge in [0, 0.05) is 36.1 Å². The molecule has 0 radical (unpaired) electrons. The van der Waals surface area contributed by atoms with Gasteiger partial charge in [-0.15, -0.1) is 11.3 Å². The van der Waals surface area contributed by atoms with Crippen molar-refractivity contribution in [3.05, 3.63) is 76.1 Å². The first-order valence-corrected chi connectivity index (χ1v) is 12.2. The molecule has 1 fully saturated rings. The van der Waals surface area contributed by atoms with Crippen molar-refractivity contribution < 1.29 is 13.2 Å². The van der Waals surface area contributed by atoms with E-state index in [-0.39, 0.29) is 23.9 Å². The van der Waals surface area contributed by atoms with Gasteiger partial charge in [0.25, 0.3) is 5.91 Å². The molecule has 0 bridgehead atoms. The van der Waals surface area contributed by atoms with Crippen LogP contribution in [0.25, 0.3) is 10.4 Å². The molecule has 31 heavy (non-hydrogen) atoms. The normalized spacial score (nSPS) is 14.9. The summed E-state index contributed by atoms with van der Waals surface area (Å²) in [7, 11) is -3.66. The molecule has 1 saturated heterocycles. The number of rotatable bonds is 4. The highest BCUT2D eigenvalue weighted by atomic mass is 35.5. The van der Waals surface area contributed by atoms with Crippen LogP contribution in [0.15, 0.2) is 65.6 Å². The largest absolute Gasteiger partial charge is 0.335 e. The van der Waals surface area contributed by atoms with Crippen molar-refractivity contribution >= 4 is 38.9 Å². The number of amides is 1. The standard InChI is InChI=1S/C22H18ClN3O3S2/c23-18-5-3-17(4-6-18)20-9-10-21(30-20)22(27)25-11-13-26(14-12-25)31(28,29)19-7-1-16(15-24)2-8-19/h1-10H,11-14H2. The fourth-order valence-corrected chi connectivity index (χ4v) is 5.89. The van der Waals surface area contributed by atoms with E-state index >= 15 is 0 Å². The van der Waals surface area contributed by atoms with E-state index < -0.39 is 10.0 Å². The number of carbonyl (C=O) groups is 1. The van der Waals surface area contributed by atoms with Crippen molar-refractivity contribution in [2.24, 2.45) is 0 Å². The van der Waals surface area contributed by atoms with Crippen LogP contribution in [0.5, 0.6) is 0 Å². The minimum absolute atomic E-state index is 0.0966. The van der Waals surface area contributed by atoms with E-state index in [2.05, 4.69) is 0 Å². The van der Waals surface area contributed by atoms with Gasteiger partial charge in [-0.05, 0) is 54.1 Å². The summed E-state index contributed by atoms with van der Waals surface area (Å²) >= 11 is 7.34. The van der Waals surface area contributed by atoms with E-state index in [0.29, 0.717) is 28.6 Å². The first-order chi connectivity index (χ1) is 14.9. The molecule has 0 N–H and O–H groups in total. The van der Waals surface area contributed by atoms with Crippen LogP contribution in [-0.2, 0) is 10.0 Å². The molecule has 0 unspecified atom stereocenters. The highest BCUT2D eigenvalue weighted by Gasteiger charge is 2.30. The SMILES string of the molecule is N#Cc1ccc(S(=O)(=O)N2CCN(C(=O)c3ccc(-c4ccc(Cl)cc4)s3)CC2)cc1. The lowest BCUT2D eigenvalue weighted by Crippen LogP contribution is -2.50. The van der Waals surface area contributed by atoms with Gasteiger partial charge in [0.2, 0.25) is 10.0 Å². The van der Waals surface area contributed by atoms with Gasteiger partial charge in [0.05, 0.1) is 21.4 Å². The maximum atomic E-state index is 12.9. The minimum atomic E-state index is -3.66. The molecule has 0 saturated carbocycles. The van der Waals surface area contributed by atoms with Crippen LogP contribution in [0.2, 0.25) is 5.02 Å². The molecule has 9 heteroatoms. The first-order valence-electron chi connectivity index (χ1n) is 9.54. The van der Waals surface area contributed by atoms with Crippen molar-refractivity contribution in [3.63, 3.8) is 0 Å². The van der Waals surface area contributed by atoms with Crippen LogP contribution >= 0.6 is 22.9 Å². The zero-order valence-electron chi connectivity index (χ0n) is 16.4. The third-order valence-corrected chi connectivity index (χ3v) is 8.38. The molecule has 158 valence electrons. The van der Waals surface area contributed by atoms with E-state index in [1.807, 2.05) is 36.4 Å². The Balaban J connectivity index is 1.42. The Morgan fingerprint density at radius 3 is 2.19 bits per heavy atom. The number of hydrogen-bond donors (Lipinski definition) is 0. The average Bonchev–Trinajstić information content (AvgIpc) is 3.29. The van der Waals surface area contributed by atoms with Gasteiger partial charge in [0.15, 0.2) is 0 Å². The molecule has 0 spiro atoms. The number of piperazine rings is 1. The summed E-state index contributed by atoms with van der Waals surface area (Å²) in [6.07, 6.45) is 0. The Kier molecular flexibility index (Phi) is 6.12. The summed E-state index contributed by atoms with van der Waals surface area (Å²) in [5.74, 6) is -0.0966. The molecule has 4 rings (SSSR count). The number of thiophene rings is 1. The molecule has 0 aliphatic carbocycles. The Bertz CT molecular complexity index is 1240. The number of benzene rings is 2. The number of nitrogens with zero attached hydrogens (tertiary/aromatic N) is 3. The van der Waals surface area contributed by atoms with Crippen LogP contribution in [0.3, 0.4) is 0 Å². The van der Waals surface area contributed by atoms with Crippen molar-refractivity contribution in [2.75, 3.05) is 26.2 Å². The van der Waals surface area contributed by atoms with Crippen molar-refractivity contribution in [1.29, 1.82) is 5.26 Å². The summed E-state index contributed by atoms with van der Waals surface area (Å²) in [5.41, 5.74) is 1.40. The number of carbonyl (C=O) groups excluding carboxylic acids is 1. The highest BCUT2D eigenvalue weighted by Crippen LogP contribution is 2.30. The quantitative estimate of drug-likeness (QED) is 0.574. The molecule has 0 atom stereocenters. The van der Waals surface area contributed by atoms with Crippen LogP contribution in [-0.4, -0.2) is 49.7 Å². The highest BCUT2D eigenvalue weighted by molar-refractivity contribution is 7.89. The predicted octanol–water partition coefficient (Wildman–Crippen LogP) is 4.09. The van der Waals surface area contributed by atoms with Gasteiger partial charge in [-0.3, -0.25) is 4.79 Å². The fourth-order valence-electron chi connectivity index (χ4n) is 3.36. The maximum absolute atomic E-state index is 12.9. The Morgan fingerprint density at radius 2 is 1.58 bits per heavy atom. The monoisotopic (exact) mass is 471 g/mol. The van der Waals surface area contributed by atoms with Crippen LogP contribution < -0.4 is 0 Å². The third kappa shape index (κ3) is 4.50. The second-order valence-electron chi connectivity index (χ2n) is 7.00.